The zero-order valence-corrected chi connectivity index (χ0v) is 15.9. The fourth-order valence-electron chi connectivity index (χ4n) is 3.30. The maximum absolute atomic E-state index is 12.7. The van der Waals surface area contributed by atoms with E-state index in [1.54, 1.807) is 24.3 Å². The number of rotatable bonds is 6. The molecule has 5 nitrogen and oxygen atoms in total. The zero-order valence-electron chi connectivity index (χ0n) is 15.9. The van der Waals surface area contributed by atoms with Gasteiger partial charge in [-0.25, -0.2) is 0 Å². The third-order valence-electron chi connectivity index (χ3n) is 4.88. The van der Waals surface area contributed by atoms with Gasteiger partial charge in [-0.1, -0.05) is 31.2 Å². The van der Waals surface area contributed by atoms with E-state index >= 15 is 0 Å². The third kappa shape index (κ3) is 4.74. The molecule has 0 aliphatic carbocycles. The first-order valence-corrected chi connectivity index (χ1v) is 9.48. The van der Waals surface area contributed by atoms with Crippen molar-refractivity contribution in [1.29, 1.82) is 0 Å². The maximum Gasteiger partial charge on any atom is 0.255 e. The van der Waals surface area contributed by atoms with E-state index in [9.17, 15) is 9.59 Å². The third-order valence-corrected chi connectivity index (χ3v) is 4.88. The Hall–Kier alpha value is -2.66. The molecule has 1 aliphatic heterocycles. The fourth-order valence-corrected chi connectivity index (χ4v) is 3.30. The molecule has 1 atom stereocenters. The largest absolute Gasteiger partial charge is 0.376 e. The summed E-state index contributed by atoms with van der Waals surface area (Å²) in [5.74, 6) is -0.405. The van der Waals surface area contributed by atoms with Crippen molar-refractivity contribution in [2.45, 2.75) is 39.2 Å². The Morgan fingerprint density at radius 2 is 1.85 bits per heavy atom. The van der Waals surface area contributed by atoms with Crippen molar-refractivity contribution in [3.8, 4) is 0 Å². The van der Waals surface area contributed by atoms with Crippen LogP contribution in [0.2, 0.25) is 0 Å². The summed E-state index contributed by atoms with van der Waals surface area (Å²) >= 11 is 0. The summed E-state index contributed by atoms with van der Waals surface area (Å²) in [6.45, 7) is 5.29. The molecule has 1 heterocycles. The summed E-state index contributed by atoms with van der Waals surface area (Å²) in [6.07, 6.45) is 2.94. The maximum atomic E-state index is 12.7. The van der Waals surface area contributed by atoms with Crippen LogP contribution in [0.4, 0.5) is 5.69 Å². The number of nitrogens with one attached hydrogen (secondary N) is 2. The second-order valence-corrected chi connectivity index (χ2v) is 6.84. The van der Waals surface area contributed by atoms with Crippen molar-refractivity contribution in [2.75, 3.05) is 18.5 Å². The second kappa shape index (κ2) is 8.82. The van der Waals surface area contributed by atoms with Gasteiger partial charge in [0.15, 0.2) is 0 Å². The van der Waals surface area contributed by atoms with Crippen LogP contribution in [0, 0.1) is 6.92 Å². The predicted octanol–water partition coefficient (Wildman–Crippen LogP) is 3.72. The molecular weight excluding hydrogens is 340 g/mol. The summed E-state index contributed by atoms with van der Waals surface area (Å²) in [6, 6.07) is 12.8. The molecule has 27 heavy (non-hydrogen) atoms. The van der Waals surface area contributed by atoms with E-state index in [4.69, 9.17) is 4.74 Å². The van der Waals surface area contributed by atoms with Crippen LogP contribution in [0.3, 0.4) is 0 Å². The summed E-state index contributed by atoms with van der Waals surface area (Å²) in [5.41, 5.74) is 3.89. The Morgan fingerprint density at radius 3 is 2.56 bits per heavy atom. The summed E-state index contributed by atoms with van der Waals surface area (Å²) in [4.78, 5) is 25.1. The second-order valence-electron chi connectivity index (χ2n) is 6.84. The van der Waals surface area contributed by atoms with Gasteiger partial charge < -0.3 is 15.4 Å². The van der Waals surface area contributed by atoms with Crippen LogP contribution in [0.5, 0.6) is 0 Å². The molecule has 1 unspecified atom stereocenters. The summed E-state index contributed by atoms with van der Waals surface area (Å²) in [7, 11) is 0. The van der Waals surface area contributed by atoms with Crippen LogP contribution < -0.4 is 10.6 Å². The highest BCUT2D eigenvalue weighted by Gasteiger charge is 2.17. The van der Waals surface area contributed by atoms with E-state index in [1.165, 1.54) is 0 Å². The number of amides is 2. The first-order chi connectivity index (χ1) is 13.1. The highest BCUT2D eigenvalue weighted by atomic mass is 16.5. The molecule has 0 radical (unpaired) electrons. The topological polar surface area (TPSA) is 67.4 Å². The molecule has 2 aromatic carbocycles. The lowest BCUT2D eigenvalue weighted by atomic mass is 10.0. The molecule has 0 aromatic heterocycles. The van der Waals surface area contributed by atoms with Crippen molar-refractivity contribution in [3.05, 3.63) is 64.7 Å². The first kappa shape index (κ1) is 19.1. The van der Waals surface area contributed by atoms with E-state index in [0.29, 0.717) is 17.7 Å². The van der Waals surface area contributed by atoms with Gasteiger partial charge in [0.05, 0.1) is 6.10 Å². The first-order valence-electron chi connectivity index (χ1n) is 9.48. The SMILES string of the molecule is CCc1cccc(C)c1NC(=O)c1cccc(C(=O)NCC2CCCO2)c1. The lowest BCUT2D eigenvalue weighted by Crippen LogP contribution is -2.31. The normalized spacial score (nSPS) is 16.1. The molecule has 2 aromatic rings. The van der Waals surface area contributed by atoms with Gasteiger partial charge in [0.1, 0.15) is 0 Å². The van der Waals surface area contributed by atoms with Crippen LogP contribution in [0.15, 0.2) is 42.5 Å². The number of ether oxygens (including phenoxy) is 1. The zero-order chi connectivity index (χ0) is 19.2. The molecule has 0 bridgehead atoms. The van der Waals surface area contributed by atoms with Crippen LogP contribution >= 0.6 is 0 Å². The van der Waals surface area contributed by atoms with E-state index in [-0.39, 0.29) is 17.9 Å². The number of benzene rings is 2. The fraction of sp³-hybridized carbons (Fsp3) is 0.364. The minimum Gasteiger partial charge on any atom is -0.376 e. The molecule has 1 aliphatic rings. The Balaban J connectivity index is 1.69. The lowest BCUT2D eigenvalue weighted by Gasteiger charge is -2.14. The van der Waals surface area contributed by atoms with Gasteiger partial charge in [0, 0.05) is 30.0 Å². The monoisotopic (exact) mass is 366 g/mol. The minimum absolute atomic E-state index is 0.0916. The highest BCUT2D eigenvalue weighted by molar-refractivity contribution is 6.06. The van der Waals surface area contributed by atoms with Gasteiger partial charge in [-0.2, -0.15) is 0 Å². The van der Waals surface area contributed by atoms with E-state index in [2.05, 4.69) is 17.6 Å². The van der Waals surface area contributed by atoms with Crippen molar-refractivity contribution >= 4 is 17.5 Å². The van der Waals surface area contributed by atoms with Gasteiger partial charge in [0.25, 0.3) is 11.8 Å². The van der Waals surface area contributed by atoms with E-state index in [0.717, 1.165) is 42.7 Å². The van der Waals surface area contributed by atoms with Gasteiger partial charge in [0.2, 0.25) is 0 Å². The van der Waals surface area contributed by atoms with Crippen molar-refractivity contribution in [3.63, 3.8) is 0 Å². The Labute approximate surface area is 160 Å². The van der Waals surface area contributed by atoms with Gasteiger partial charge >= 0.3 is 0 Å². The van der Waals surface area contributed by atoms with Crippen LogP contribution in [-0.2, 0) is 11.2 Å². The molecule has 142 valence electrons. The number of hydrogen-bond donors (Lipinski definition) is 2. The molecule has 0 saturated carbocycles. The summed E-state index contributed by atoms with van der Waals surface area (Å²) < 4.78 is 5.52. The minimum atomic E-state index is -0.215. The number of aryl methyl sites for hydroxylation is 2. The van der Waals surface area contributed by atoms with Gasteiger partial charge in [-0.3, -0.25) is 9.59 Å². The van der Waals surface area contributed by atoms with E-state index in [1.807, 2.05) is 25.1 Å². The number of hydrogen-bond acceptors (Lipinski definition) is 3. The Bertz CT molecular complexity index is 826. The number of anilines is 1. The molecular formula is C22H26N2O3. The standard InChI is InChI=1S/C22H26N2O3/c1-3-16-8-4-7-15(2)20(16)24-22(26)18-10-5-9-17(13-18)21(25)23-14-19-11-6-12-27-19/h4-5,7-10,13,19H,3,6,11-12,14H2,1-2H3,(H,23,25)(H,24,26). The molecule has 2 N–H and O–H groups in total. The quantitative estimate of drug-likeness (QED) is 0.819. The van der Waals surface area contributed by atoms with Crippen LogP contribution in [-0.4, -0.2) is 31.1 Å². The molecule has 0 spiro atoms. The number of para-hydroxylation sites is 1. The molecule has 1 saturated heterocycles. The smallest absolute Gasteiger partial charge is 0.255 e. The lowest BCUT2D eigenvalue weighted by molar-refractivity contribution is 0.0858. The number of carbonyl (C=O) groups excluding carboxylic acids is 2. The van der Waals surface area contributed by atoms with Crippen molar-refractivity contribution < 1.29 is 14.3 Å². The van der Waals surface area contributed by atoms with Crippen molar-refractivity contribution in [2.24, 2.45) is 0 Å². The Kier molecular flexibility index (Phi) is 6.24. The highest BCUT2D eigenvalue weighted by Crippen LogP contribution is 2.22. The number of carbonyl (C=O) groups is 2. The van der Waals surface area contributed by atoms with Gasteiger partial charge in [-0.05, 0) is 55.5 Å². The van der Waals surface area contributed by atoms with Gasteiger partial charge in [-0.15, -0.1) is 0 Å². The predicted molar refractivity (Wildman–Crippen MR) is 106 cm³/mol. The molecule has 3 rings (SSSR count). The van der Waals surface area contributed by atoms with Crippen LogP contribution in [0.1, 0.15) is 51.6 Å². The Morgan fingerprint density at radius 1 is 1.11 bits per heavy atom. The molecule has 1 fully saturated rings. The average molecular weight is 366 g/mol. The molecule has 5 heteroatoms. The summed E-state index contributed by atoms with van der Waals surface area (Å²) in [5, 5.41) is 5.89. The van der Waals surface area contributed by atoms with Crippen LogP contribution in [0.25, 0.3) is 0 Å². The van der Waals surface area contributed by atoms with E-state index < -0.39 is 0 Å². The average Bonchev–Trinajstić information content (AvgIpc) is 3.21. The molecule has 2 amide bonds. The van der Waals surface area contributed by atoms with Crippen molar-refractivity contribution in [1.82, 2.24) is 5.32 Å².